The molecule has 1 aliphatic rings. The van der Waals surface area contributed by atoms with E-state index in [0.717, 1.165) is 28.5 Å². The highest BCUT2D eigenvalue weighted by molar-refractivity contribution is 7.26. The minimum absolute atomic E-state index is 0.592. The van der Waals surface area contributed by atoms with Crippen LogP contribution in [0.4, 0.5) is 21.6 Å². The fraction of sp³-hybridized carbons (Fsp3) is 0.0213. The average molecular weight is 718 g/mol. The van der Waals surface area contributed by atoms with Crippen molar-refractivity contribution in [2.45, 2.75) is 6.17 Å². The SMILES string of the molecule is FC(c1cccc(-c2ccccn2)c1)c1ccc2c(c1)N(c1ccccn1)c1c(ccc3sc4ccccc4c13)[Si]2(c1ccccc1)c1ccccc1. The van der Waals surface area contributed by atoms with Crippen molar-refractivity contribution in [3.63, 3.8) is 0 Å². The molecule has 9 aromatic rings. The van der Waals surface area contributed by atoms with Crippen LogP contribution >= 0.6 is 11.3 Å². The first-order valence-corrected chi connectivity index (χ1v) is 20.6. The molecule has 3 aromatic heterocycles. The summed E-state index contributed by atoms with van der Waals surface area (Å²) in [6, 6.07) is 61.1. The molecule has 6 heteroatoms. The zero-order chi connectivity index (χ0) is 35.4. The number of hydrogen-bond donors (Lipinski definition) is 0. The van der Waals surface area contributed by atoms with Crippen LogP contribution in [-0.4, -0.2) is 18.0 Å². The summed E-state index contributed by atoms with van der Waals surface area (Å²) in [5.74, 6) is 0.797. The first-order valence-electron chi connectivity index (χ1n) is 17.8. The number of pyridine rings is 2. The van der Waals surface area contributed by atoms with Crippen molar-refractivity contribution in [2.24, 2.45) is 0 Å². The van der Waals surface area contributed by atoms with Crippen molar-refractivity contribution in [3.8, 4) is 11.3 Å². The number of nitrogens with zero attached hydrogens (tertiary/aromatic N) is 3. The lowest BCUT2D eigenvalue weighted by Crippen LogP contribution is -2.77. The highest BCUT2D eigenvalue weighted by atomic mass is 32.1. The molecule has 1 unspecified atom stereocenters. The molecule has 0 saturated carbocycles. The van der Waals surface area contributed by atoms with Crippen LogP contribution in [0.1, 0.15) is 17.3 Å². The van der Waals surface area contributed by atoms with Gasteiger partial charge in [-0.15, -0.1) is 11.3 Å². The Morgan fingerprint density at radius 3 is 1.96 bits per heavy atom. The van der Waals surface area contributed by atoms with Gasteiger partial charge in [0.15, 0.2) is 14.2 Å². The summed E-state index contributed by atoms with van der Waals surface area (Å²) in [4.78, 5) is 11.8. The van der Waals surface area contributed by atoms with Crippen molar-refractivity contribution in [2.75, 3.05) is 4.90 Å². The highest BCUT2D eigenvalue weighted by Gasteiger charge is 2.50. The van der Waals surface area contributed by atoms with Gasteiger partial charge in [-0.2, -0.15) is 0 Å². The molecule has 0 amide bonds. The summed E-state index contributed by atoms with van der Waals surface area (Å²) in [5.41, 5.74) is 4.97. The summed E-state index contributed by atoms with van der Waals surface area (Å²) in [5, 5.41) is 7.46. The van der Waals surface area contributed by atoms with Crippen molar-refractivity contribution < 1.29 is 4.39 Å². The molecule has 0 bridgehead atoms. The standard InChI is InChI=1S/C47H32FN3SSi/c48-46(33-15-13-14-32(30-33)38-21-9-11-28-49-38)34-24-26-42-39(31-34)51(44-23-10-12-29-50-44)47-43(27-25-41-45(47)37-20-7-8-22-40(37)52-41)53(42,35-16-3-1-4-17-35)36-18-5-2-6-19-36/h1-31,46H. The lowest BCUT2D eigenvalue weighted by molar-refractivity contribution is 0.402. The summed E-state index contributed by atoms with van der Waals surface area (Å²) < 4.78 is 19.6. The number of thiophene rings is 1. The van der Waals surface area contributed by atoms with E-state index in [9.17, 15) is 0 Å². The predicted molar refractivity (Wildman–Crippen MR) is 222 cm³/mol. The van der Waals surface area contributed by atoms with E-state index in [1.165, 1.54) is 40.9 Å². The van der Waals surface area contributed by atoms with Crippen molar-refractivity contribution in [3.05, 3.63) is 199 Å². The monoisotopic (exact) mass is 717 g/mol. The third kappa shape index (κ3) is 4.98. The Hall–Kier alpha value is -6.21. The number of hydrogen-bond acceptors (Lipinski definition) is 4. The molecule has 0 radical (unpaired) electrons. The molecule has 4 heterocycles. The Morgan fingerprint density at radius 1 is 0.547 bits per heavy atom. The van der Waals surface area contributed by atoms with E-state index in [1.54, 1.807) is 6.20 Å². The summed E-state index contributed by atoms with van der Waals surface area (Å²) in [6.07, 6.45) is 2.25. The summed E-state index contributed by atoms with van der Waals surface area (Å²) in [6.45, 7) is 0. The maximum absolute atomic E-state index is 17.2. The molecule has 0 fully saturated rings. The van der Waals surface area contributed by atoms with Gasteiger partial charge in [0.05, 0.1) is 11.4 Å². The molecule has 0 saturated heterocycles. The molecule has 0 spiro atoms. The molecule has 0 aliphatic carbocycles. The molecule has 1 aliphatic heterocycles. The van der Waals surface area contributed by atoms with Gasteiger partial charge in [0, 0.05) is 43.8 Å². The molecular formula is C47H32FN3SSi. The molecule has 10 rings (SSSR count). The maximum Gasteiger partial charge on any atom is 0.184 e. The number of fused-ring (bicyclic) bond motifs is 6. The van der Waals surface area contributed by atoms with E-state index in [0.29, 0.717) is 11.1 Å². The van der Waals surface area contributed by atoms with E-state index in [2.05, 4.69) is 125 Å². The molecule has 1 atom stereocenters. The number of aromatic nitrogens is 2. The zero-order valence-corrected chi connectivity index (χ0v) is 30.4. The van der Waals surface area contributed by atoms with Crippen LogP contribution in [0.5, 0.6) is 0 Å². The molecule has 0 N–H and O–H groups in total. The van der Waals surface area contributed by atoms with Crippen molar-refractivity contribution in [1.29, 1.82) is 0 Å². The summed E-state index contributed by atoms with van der Waals surface area (Å²) in [7, 11) is -3.01. The third-order valence-corrected chi connectivity index (χ3v) is 16.5. The molecule has 3 nitrogen and oxygen atoms in total. The maximum atomic E-state index is 17.2. The van der Waals surface area contributed by atoms with E-state index in [4.69, 9.17) is 4.98 Å². The Balaban J connectivity index is 1.31. The lowest BCUT2D eigenvalue weighted by atomic mass is 9.98. The average Bonchev–Trinajstić information content (AvgIpc) is 3.63. The second-order valence-electron chi connectivity index (χ2n) is 13.4. The van der Waals surface area contributed by atoms with Gasteiger partial charge in [-0.25, -0.2) is 9.37 Å². The fourth-order valence-corrected chi connectivity index (χ4v) is 14.5. The smallest absolute Gasteiger partial charge is 0.184 e. The number of halogens is 1. The van der Waals surface area contributed by atoms with Crippen LogP contribution in [0.2, 0.25) is 0 Å². The number of alkyl halides is 1. The van der Waals surface area contributed by atoms with Crippen molar-refractivity contribution >= 4 is 77.5 Å². The Kier molecular flexibility index (Phi) is 7.60. The quantitative estimate of drug-likeness (QED) is 0.161. The van der Waals surface area contributed by atoms with Gasteiger partial charge < -0.3 is 0 Å². The highest BCUT2D eigenvalue weighted by Crippen LogP contribution is 2.47. The number of rotatable bonds is 6. The van der Waals surface area contributed by atoms with Crippen LogP contribution in [0.3, 0.4) is 0 Å². The first-order chi connectivity index (χ1) is 26.2. The summed E-state index contributed by atoms with van der Waals surface area (Å²) >= 11 is 1.81. The van der Waals surface area contributed by atoms with Crippen LogP contribution in [0.15, 0.2) is 188 Å². The van der Waals surface area contributed by atoms with E-state index < -0.39 is 14.2 Å². The minimum atomic E-state index is -3.01. The van der Waals surface area contributed by atoms with E-state index in [1.807, 2.05) is 78.2 Å². The first kappa shape index (κ1) is 31.5. The van der Waals surface area contributed by atoms with Gasteiger partial charge in [-0.05, 0) is 80.4 Å². The van der Waals surface area contributed by atoms with Crippen LogP contribution < -0.4 is 25.6 Å². The topological polar surface area (TPSA) is 29.0 Å². The number of anilines is 3. The van der Waals surface area contributed by atoms with Gasteiger partial charge in [0.25, 0.3) is 0 Å². The van der Waals surface area contributed by atoms with Gasteiger partial charge in [0.2, 0.25) is 0 Å². The normalized spacial score (nSPS) is 13.8. The van der Waals surface area contributed by atoms with Crippen molar-refractivity contribution in [1.82, 2.24) is 9.97 Å². The lowest BCUT2D eigenvalue weighted by Gasteiger charge is -2.45. The molecular weight excluding hydrogens is 686 g/mol. The van der Waals surface area contributed by atoms with Crippen LogP contribution in [0.25, 0.3) is 31.4 Å². The van der Waals surface area contributed by atoms with E-state index in [-0.39, 0.29) is 0 Å². The van der Waals surface area contributed by atoms with Gasteiger partial charge in [-0.1, -0.05) is 127 Å². The van der Waals surface area contributed by atoms with E-state index >= 15 is 4.39 Å². The van der Waals surface area contributed by atoms with Crippen LogP contribution in [-0.2, 0) is 0 Å². The fourth-order valence-electron chi connectivity index (χ4n) is 8.28. The Labute approximate surface area is 312 Å². The largest absolute Gasteiger partial charge is 0.295 e. The zero-order valence-electron chi connectivity index (χ0n) is 28.6. The van der Waals surface area contributed by atoms with Gasteiger partial charge in [-0.3, -0.25) is 9.88 Å². The molecule has 6 aromatic carbocycles. The predicted octanol–water partition coefficient (Wildman–Crippen LogP) is 9.73. The Bertz CT molecular complexity index is 2720. The molecule has 53 heavy (non-hydrogen) atoms. The second-order valence-corrected chi connectivity index (χ2v) is 18.2. The van der Waals surface area contributed by atoms with Gasteiger partial charge >= 0.3 is 0 Å². The van der Waals surface area contributed by atoms with Gasteiger partial charge in [0.1, 0.15) is 5.82 Å². The minimum Gasteiger partial charge on any atom is -0.295 e. The second kappa shape index (κ2) is 12.8. The molecule has 252 valence electrons. The third-order valence-electron chi connectivity index (χ3n) is 10.5. The van der Waals surface area contributed by atoms with Crippen LogP contribution in [0, 0.1) is 0 Å². The number of benzene rings is 6. The Morgan fingerprint density at radius 2 is 1.23 bits per heavy atom.